The summed E-state index contributed by atoms with van der Waals surface area (Å²) in [6, 6.07) is 0. The maximum absolute atomic E-state index is 12.0. The number of imide groups is 1. The van der Waals surface area contributed by atoms with Gasteiger partial charge in [-0.2, -0.15) is 0 Å². The quantitative estimate of drug-likeness (QED) is 0.440. The largest absolute Gasteiger partial charge is 0.272 e. The van der Waals surface area contributed by atoms with Gasteiger partial charge >= 0.3 is 0 Å². The van der Waals surface area contributed by atoms with Crippen LogP contribution in [-0.4, -0.2) is 34.5 Å². The molecule has 24 heavy (non-hydrogen) atoms. The second-order valence-electron chi connectivity index (χ2n) is 9.14. The minimum absolute atomic E-state index is 0.186. The number of fused-ring (bicyclic) bond motifs is 2. The summed E-state index contributed by atoms with van der Waals surface area (Å²) in [6.07, 6.45) is 4.72. The molecule has 2 bridgehead atoms. The van der Waals surface area contributed by atoms with E-state index in [0.717, 1.165) is 18.8 Å². The maximum atomic E-state index is 12.0. The average molecular weight is 335 g/mol. The Morgan fingerprint density at radius 2 is 1.96 bits per heavy atom. The molecule has 5 nitrogen and oxygen atoms in total. The summed E-state index contributed by atoms with van der Waals surface area (Å²) in [7, 11) is 0. The Morgan fingerprint density at radius 3 is 2.46 bits per heavy atom. The predicted molar refractivity (Wildman–Crippen MR) is 89.7 cm³/mol. The molecule has 0 radical (unpaired) electrons. The van der Waals surface area contributed by atoms with Crippen molar-refractivity contribution in [2.45, 2.75) is 72.0 Å². The van der Waals surface area contributed by atoms with Crippen molar-refractivity contribution in [2.24, 2.45) is 17.3 Å². The van der Waals surface area contributed by atoms with Gasteiger partial charge in [0, 0.05) is 11.6 Å². The van der Waals surface area contributed by atoms with E-state index in [9.17, 15) is 9.59 Å². The van der Waals surface area contributed by atoms with Gasteiger partial charge < -0.3 is 0 Å². The molecule has 3 unspecified atom stereocenters. The fourth-order valence-corrected chi connectivity index (χ4v) is 4.68. The highest BCUT2D eigenvalue weighted by Crippen LogP contribution is 2.63. The number of hydrogen-bond donors (Lipinski definition) is 0. The molecule has 3 fully saturated rings. The van der Waals surface area contributed by atoms with E-state index < -0.39 is 5.60 Å². The summed E-state index contributed by atoms with van der Waals surface area (Å²) in [5.74, 6) is 0.754. The normalized spacial score (nSPS) is 35.1. The SMILES string of the molecule is CC1=CC(=O)N(CC(C)(C)OOC2(C)CCC3CC2C3(C)C)C1=O. The van der Waals surface area contributed by atoms with Crippen molar-refractivity contribution in [1.29, 1.82) is 0 Å². The van der Waals surface area contributed by atoms with Crippen molar-refractivity contribution in [3.63, 3.8) is 0 Å². The van der Waals surface area contributed by atoms with Crippen LogP contribution in [0.4, 0.5) is 0 Å². The molecule has 0 saturated heterocycles. The summed E-state index contributed by atoms with van der Waals surface area (Å²) in [5.41, 5.74) is -0.291. The zero-order valence-corrected chi connectivity index (χ0v) is 15.6. The van der Waals surface area contributed by atoms with E-state index in [4.69, 9.17) is 9.78 Å². The van der Waals surface area contributed by atoms with Gasteiger partial charge in [-0.1, -0.05) is 13.8 Å². The van der Waals surface area contributed by atoms with Crippen molar-refractivity contribution in [1.82, 2.24) is 4.90 Å². The van der Waals surface area contributed by atoms with Gasteiger partial charge in [0.25, 0.3) is 11.8 Å². The molecule has 5 heteroatoms. The minimum atomic E-state index is -0.752. The average Bonchev–Trinajstić information content (AvgIpc) is 2.71. The lowest BCUT2D eigenvalue weighted by molar-refractivity contribution is -0.435. The minimum Gasteiger partial charge on any atom is -0.272 e. The second kappa shape index (κ2) is 5.40. The Labute approximate surface area is 144 Å². The van der Waals surface area contributed by atoms with E-state index >= 15 is 0 Å². The first-order valence-corrected chi connectivity index (χ1v) is 8.87. The first-order valence-electron chi connectivity index (χ1n) is 8.87. The van der Waals surface area contributed by atoms with E-state index in [2.05, 4.69) is 20.8 Å². The third-order valence-corrected chi connectivity index (χ3v) is 6.38. The number of nitrogens with zero attached hydrogens (tertiary/aromatic N) is 1. The molecule has 1 heterocycles. The number of hydrogen-bond acceptors (Lipinski definition) is 4. The van der Waals surface area contributed by atoms with Crippen molar-refractivity contribution >= 4 is 11.8 Å². The lowest BCUT2D eigenvalue weighted by Crippen LogP contribution is -2.61. The molecule has 134 valence electrons. The van der Waals surface area contributed by atoms with Crippen LogP contribution in [0.1, 0.15) is 60.8 Å². The monoisotopic (exact) mass is 335 g/mol. The van der Waals surface area contributed by atoms with Crippen molar-refractivity contribution in [3.8, 4) is 0 Å². The summed E-state index contributed by atoms with van der Waals surface area (Å²) >= 11 is 0. The third-order valence-electron chi connectivity index (χ3n) is 6.38. The molecule has 4 aliphatic rings. The highest BCUT2D eigenvalue weighted by atomic mass is 17.2. The zero-order valence-electron chi connectivity index (χ0n) is 15.6. The van der Waals surface area contributed by atoms with Crippen LogP contribution >= 0.6 is 0 Å². The van der Waals surface area contributed by atoms with Crippen LogP contribution in [0.5, 0.6) is 0 Å². The van der Waals surface area contributed by atoms with E-state index in [-0.39, 0.29) is 24.0 Å². The molecular formula is C19H29NO4. The fraction of sp³-hybridized carbons (Fsp3) is 0.789. The Bertz CT molecular complexity index is 604. The summed E-state index contributed by atoms with van der Waals surface area (Å²) in [5, 5.41) is 0. The molecule has 2 amide bonds. The smallest absolute Gasteiger partial charge is 0.256 e. The van der Waals surface area contributed by atoms with Gasteiger partial charge in [-0.3, -0.25) is 14.5 Å². The lowest BCUT2D eigenvalue weighted by Gasteiger charge is -2.63. The van der Waals surface area contributed by atoms with Gasteiger partial charge in [0.15, 0.2) is 0 Å². The van der Waals surface area contributed by atoms with Gasteiger partial charge in [-0.05, 0) is 64.2 Å². The molecule has 4 rings (SSSR count). The van der Waals surface area contributed by atoms with Gasteiger partial charge in [-0.25, -0.2) is 9.78 Å². The lowest BCUT2D eigenvalue weighted by atomic mass is 9.44. The van der Waals surface area contributed by atoms with Crippen LogP contribution in [0.25, 0.3) is 0 Å². The molecule has 3 aliphatic carbocycles. The van der Waals surface area contributed by atoms with Crippen molar-refractivity contribution in [2.75, 3.05) is 6.54 Å². The Hall–Kier alpha value is -1.20. The standard InChI is InChI=1S/C19H29NO4/c1-12-9-15(21)20(16(12)22)11-17(2,3)23-24-19(6)8-7-13-10-14(19)18(13,4)5/h9,13-14H,7-8,10-11H2,1-6H3. The van der Waals surface area contributed by atoms with Gasteiger partial charge in [0.2, 0.25) is 0 Å². The molecule has 0 N–H and O–H groups in total. The fourth-order valence-electron chi connectivity index (χ4n) is 4.68. The summed E-state index contributed by atoms with van der Waals surface area (Å²) in [4.78, 5) is 36.9. The van der Waals surface area contributed by atoms with Gasteiger partial charge in [0.1, 0.15) is 11.2 Å². The predicted octanol–water partition coefficient (Wildman–Crippen LogP) is 3.24. The topological polar surface area (TPSA) is 55.8 Å². The third kappa shape index (κ3) is 2.72. The van der Waals surface area contributed by atoms with Crippen LogP contribution in [0.15, 0.2) is 11.6 Å². The van der Waals surface area contributed by atoms with Crippen molar-refractivity contribution < 1.29 is 19.4 Å². The molecule has 1 aliphatic heterocycles. The Morgan fingerprint density at radius 1 is 1.29 bits per heavy atom. The van der Waals surface area contributed by atoms with E-state index in [1.54, 1.807) is 6.92 Å². The summed E-state index contributed by atoms with van der Waals surface area (Å²) < 4.78 is 0. The number of carbonyl (C=O) groups excluding carboxylic acids is 2. The van der Waals surface area contributed by atoms with Crippen LogP contribution in [0, 0.1) is 17.3 Å². The Balaban J connectivity index is 1.61. The van der Waals surface area contributed by atoms with Crippen LogP contribution < -0.4 is 0 Å². The van der Waals surface area contributed by atoms with Crippen LogP contribution in [0.2, 0.25) is 0 Å². The molecular weight excluding hydrogens is 306 g/mol. The molecule has 0 aromatic heterocycles. The van der Waals surface area contributed by atoms with E-state index in [0.29, 0.717) is 16.9 Å². The highest BCUT2D eigenvalue weighted by Gasteiger charge is 2.61. The molecule has 0 aromatic carbocycles. The maximum Gasteiger partial charge on any atom is 0.256 e. The van der Waals surface area contributed by atoms with Crippen LogP contribution in [-0.2, 0) is 19.4 Å². The summed E-state index contributed by atoms with van der Waals surface area (Å²) in [6.45, 7) is 12.3. The van der Waals surface area contributed by atoms with Gasteiger partial charge in [0.05, 0.1) is 6.54 Å². The Kier molecular flexibility index (Phi) is 3.96. The van der Waals surface area contributed by atoms with Crippen LogP contribution in [0.3, 0.4) is 0 Å². The number of rotatable bonds is 5. The molecule has 0 spiro atoms. The first-order chi connectivity index (χ1) is 11.0. The molecule has 3 atom stereocenters. The highest BCUT2D eigenvalue weighted by molar-refractivity contribution is 6.15. The number of amides is 2. The molecule has 3 saturated carbocycles. The first kappa shape index (κ1) is 17.6. The zero-order chi connectivity index (χ0) is 17.9. The second-order valence-corrected chi connectivity index (χ2v) is 9.14. The molecule has 0 aromatic rings. The van der Waals surface area contributed by atoms with Gasteiger partial charge in [-0.15, -0.1) is 0 Å². The van der Waals surface area contributed by atoms with E-state index in [1.807, 2.05) is 13.8 Å². The van der Waals surface area contributed by atoms with E-state index in [1.165, 1.54) is 17.4 Å². The van der Waals surface area contributed by atoms with Crippen molar-refractivity contribution in [3.05, 3.63) is 11.6 Å². The number of carbonyl (C=O) groups is 2.